The van der Waals surface area contributed by atoms with E-state index in [2.05, 4.69) is 119 Å². The third kappa shape index (κ3) is 3.25. The van der Waals surface area contributed by atoms with Gasteiger partial charge in [0.1, 0.15) is 0 Å². The predicted molar refractivity (Wildman–Crippen MR) is 131 cm³/mol. The number of hydrogen-bond acceptors (Lipinski definition) is 1. The monoisotopic (exact) mass is 496 g/mol. The Bertz CT molecular complexity index is 966. The van der Waals surface area contributed by atoms with E-state index in [1.807, 2.05) is 12.1 Å². The molecule has 0 aliphatic carbocycles. The molecule has 0 radical (unpaired) electrons. The molecule has 3 heteroatoms. The first-order valence-corrected chi connectivity index (χ1v) is 14.5. The van der Waals surface area contributed by atoms with Crippen LogP contribution in [0.3, 0.4) is 0 Å². The minimum atomic E-state index is -2.84. The van der Waals surface area contributed by atoms with Gasteiger partial charge in [0.2, 0.25) is 0 Å². The third-order valence-corrected chi connectivity index (χ3v) is 16.4. The van der Waals surface area contributed by atoms with Crippen LogP contribution in [-0.4, -0.2) is 5.11 Å². The molecule has 0 heterocycles. The second-order valence-corrected chi connectivity index (χ2v) is 17.6. The van der Waals surface area contributed by atoms with E-state index in [1.165, 1.54) is 15.9 Å². The van der Waals surface area contributed by atoms with Gasteiger partial charge in [-0.3, -0.25) is 0 Å². The summed E-state index contributed by atoms with van der Waals surface area (Å²) in [6.07, 6.45) is 0.846. The van der Waals surface area contributed by atoms with Crippen molar-refractivity contribution in [1.82, 2.24) is 0 Å². The summed E-state index contributed by atoms with van der Waals surface area (Å²) in [6, 6.07) is 40.2. The Balaban J connectivity index is 2.09. The van der Waals surface area contributed by atoms with Gasteiger partial charge in [-0.05, 0) is 0 Å². The van der Waals surface area contributed by atoms with E-state index < -0.39 is 4.25 Å². The molecule has 140 valence electrons. The van der Waals surface area contributed by atoms with Crippen LogP contribution in [0.2, 0.25) is 0 Å². The van der Waals surface area contributed by atoms with Crippen LogP contribution >= 0.6 is 26.3 Å². The molecule has 1 N–H and O–H groups in total. The van der Waals surface area contributed by atoms with Gasteiger partial charge in [0.25, 0.3) is 0 Å². The van der Waals surface area contributed by atoms with Crippen molar-refractivity contribution in [2.45, 2.75) is 6.16 Å². The zero-order chi connectivity index (χ0) is 19.5. The van der Waals surface area contributed by atoms with Crippen LogP contribution in [0.1, 0.15) is 5.56 Å². The summed E-state index contributed by atoms with van der Waals surface area (Å²) in [5, 5.41) is 14.1. The second kappa shape index (κ2) is 7.69. The van der Waals surface area contributed by atoms with Crippen LogP contribution in [0.5, 0.6) is 5.75 Å². The number of rotatable bonds is 5. The average Bonchev–Trinajstić information content (AvgIpc) is 2.76. The molecular formula is C25H22IOP. The van der Waals surface area contributed by atoms with Gasteiger partial charge in [0.05, 0.1) is 0 Å². The second-order valence-electron chi connectivity index (χ2n) is 7.02. The standard InChI is InChI=1S/C25H22IOP/c26-28(23-13-4-1-5-14-23,24-15-6-2-7-16-24,25-17-8-3-9-18-25)20-21-11-10-12-22(27)19-21/h1-19,27H,20H2. The third-order valence-electron chi connectivity index (χ3n) is 5.27. The van der Waals surface area contributed by atoms with E-state index in [1.54, 1.807) is 6.07 Å². The van der Waals surface area contributed by atoms with Gasteiger partial charge in [-0.15, -0.1) is 0 Å². The van der Waals surface area contributed by atoms with Crippen molar-refractivity contribution in [2.75, 3.05) is 0 Å². The van der Waals surface area contributed by atoms with E-state index in [0.29, 0.717) is 5.75 Å². The molecule has 0 fully saturated rings. The molecule has 1 nitrogen and oxygen atoms in total. The van der Waals surface area contributed by atoms with Crippen LogP contribution in [0.25, 0.3) is 0 Å². The Labute approximate surface area is 179 Å². The Morgan fingerprint density at radius 1 is 0.571 bits per heavy atom. The van der Waals surface area contributed by atoms with Gasteiger partial charge < -0.3 is 0 Å². The summed E-state index contributed by atoms with van der Waals surface area (Å²) < 4.78 is -2.84. The van der Waals surface area contributed by atoms with Gasteiger partial charge in [-0.2, -0.15) is 0 Å². The van der Waals surface area contributed by atoms with Crippen molar-refractivity contribution >= 4 is 42.2 Å². The summed E-state index contributed by atoms with van der Waals surface area (Å²) in [5.74, 6) is 0.313. The first kappa shape index (κ1) is 19.2. The van der Waals surface area contributed by atoms with Crippen molar-refractivity contribution in [3.63, 3.8) is 0 Å². The molecule has 28 heavy (non-hydrogen) atoms. The normalized spacial score (nSPS) is 12.8. The van der Waals surface area contributed by atoms with Crippen molar-refractivity contribution in [2.24, 2.45) is 0 Å². The molecule has 0 saturated heterocycles. The molecule has 4 aromatic rings. The molecule has 0 atom stereocenters. The molecule has 0 bridgehead atoms. The molecule has 0 saturated carbocycles. The summed E-state index contributed by atoms with van der Waals surface area (Å²) >= 11 is 2.77. The first-order chi connectivity index (χ1) is 13.6. The zero-order valence-corrected chi connectivity index (χ0v) is 18.5. The molecular weight excluding hydrogens is 474 g/mol. The van der Waals surface area contributed by atoms with Crippen molar-refractivity contribution < 1.29 is 5.11 Å². The molecule has 0 spiro atoms. The van der Waals surface area contributed by atoms with E-state index in [0.717, 1.165) is 11.7 Å². The van der Waals surface area contributed by atoms with Gasteiger partial charge in [-0.1, -0.05) is 0 Å². The van der Waals surface area contributed by atoms with Gasteiger partial charge in [0.15, 0.2) is 0 Å². The van der Waals surface area contributed by atoms with Crippen LogP contribution in [-0.2, 0) is 6.16 Å². The maximum absolute atomic E-state index is 10.1. The molecule has 0 amide bonds. The summed E-state index contributed by atoms with van der Waals surface area (Å²) in [4.78, 5) is 0. The van der Waals surface area contributed by atoms with Crippen molar-refractivity contribution in [1.29, 1.82) is 0 Å². The number of halogens is 1. The number of benzene rings is 4. The van der Waals surface area contributed by atoms with E-state index in [9.17, 15) is 5.11 Å². The van der Waals surface area contributed by atoms with E-state index >= 15 is 0 Å². The maximum atomic E-state index is 10.1. The molecule has 0 aliphatic rings. The summed E-state index contributed by atoms with van der Waals surface area (Å²) in [7, 11) is 0. The molecule has 4 aromatic carbocycles. The molecule has 4 rings (SSSR count). The zero-order valence-electron chi connectivity index (χ0n) is 15.4. The van der Waals surface area contributed by atoms with E-state index in [-0.39, 0.29) is 0 Å². The van der Waals surface area contributed by atoms with Gasteiger partial charge in [-0.25, -0.2) is 0 Å². The number of phenolic OH excluding ortho intramolecular Hbond substituents is 1. The van der Waals surface area contributed by atoms with Crippen LogP contribution in [0, 0.1) is 0 Å². The summed E-state index contributed by atoms with van der Waals surface area (Å²) in [5.41, 5.74) is 1.14. The molecule has 0 unspecified atom stereocenters. The molecule has 0 aliphatic heterocycles. The fourth-order valence-electron chi connectivity index (χ4n) is 3.94. The van der Waals surface area contributed by atoms with Crippen molar-refractivity contribution in [3.8, 4) is 5.75 Å². The van der Waals surface area contributed by atoms with Crippen molar-refractivity contribution in [3.05, 3.63) is 121 Å². The first-order valence-electron chi connectivity index (χ1n) is 9.29. The Hall–Kier alpha value is -2.16. The number of phenols is 1. The summed E-state index contributed by atoms with van der Waals surface area (Å²) in [6.45, 7) is 0. The fourth-order valence-corrected chi connectivity index (χ4v) is 12.7. The van der Waals surface area contributed by atoms with E-state index in [4.69, 9.17) is 0 Å². The van der Waals surface area contributed by atoms with Gasteiger partial charge in [0, 0.05) is 0 Å². The van der Waals surface area contributed by atoms with Gasteiger partial charge >= 0.3 is 180 Å². The Morgan fingerprint density at radius 2 is 1.00 bits per heavy atom. The Morgan fingerprint density at radius 3 is 1.39 bits per heavy atom. The number of aromatic hydroxyl groups is 1. The number of hydrogen-bond donors (Lipinski definition) is 1. The van der Waals surface area contributed by atoms with Crippen LogP contribution in [0.15, 0.2) is 115 Å². The SMILES string of the molecule is Oc1cccc(CP(I)(c2ccccc2)(c2ccccc2)c2ccccc2)c1. The van der Waals surface area contributed by atoms with Crippen LogP contribution in [0.4, 0.5) is 0 Å². The quantitative estimate of drug-likeness (QED) is 0.275. The molecule has 0 aromatic heterocycles. The minimum absolute atomic E-state index is 0.313. The topological polar surface area (TPSA) is 20.2 Å². The predicted octanol–water partition coefficient (Wildman–Crippen LogP) is 5.77. The average molecular weight is 496 g/mol. The Kier molecular flexibility index (Phi) is 5.27. The fraction of sp³-hybridized carbons (Fsp3) is 0.0400. The van der Waals surface area contributed by atoms with Crippen LogP contribution < -0.4 is 15.9 Å².